The number of rotatable bonds is 7. The molecule has 0 spiro atoms. The van der Waals surface area contributed by atoms with E-state index in [1.54, 1.807) is 36.1 Å². The van der Waals surface area contributed by atoms with Crippen LogP contribution in [-0.4, -0.2) is 41.0 Å². The molecule has 0 aliphatic rings. The molecule has 1 unspecified atom stereocenters. The zero-order valence-electron chi connectivity index (χ0n) is 12.9. The third-order valence-electron chi connectivity index (χ3n) is 3.23. The number of nitrogens with zero attached hydrogens (tertiary/aromatic N) is 1. The maximum atomic E-state index is 12.2. The quantitative estimate of drug-likeness (QED) is 0.810. The van der Waals surface area contributed by atoms with Crippen molar-refractivity contribution in [3.8, 4) is 0 Å². The number of hydrogen-bond donors (Lipinski definition) is 2. The van der Waals surface area contributed by atoms with Gasteiger partial charge in [0.25, 0.3) is 5.91 Å². The minimum absolute atomic E-state index is 0.0416. The lowest BCUT2D eigenvalue weighted by Gasteiger charge is -2.19. The standard InChI is InChI=1S/C16H24N2O3/c1-4-18(5-2)16(21)13-7-6-8-14(11-13)17-15(20)10-9-12(3)19/h6-8,11-12,19H,4-5,9-10H2,1-3H3,(H,17,20). The fourth-order valence-corrected chi connectivity index (χ4v) is 1.99. The molecule has 0 heterocycles. The van der Waals surface area contributed by atoms with Gasteiger partial charge in [-0.05, 0) is 45.4 Å². The molecule has 0 aliphatic carbocycles. The van der Waals surface area contributed by atoms with Crippen molar-refractivity contribution >= 4 is 17.5 Å². The lowest BCUT2D eigenvalue weighted by Crippen LogP contribution is -2.30. The smallest absolute Gasteiger partial charge is 0.253 e. The first-order valence-corrected chi connectivity index (χ1v) is 7.35. The highest BCUT2D eigenvalue weighted by atomic mass is 16.3. The van der Waals surface area contributed by atoms with Crippen LogP contribution in [0.2, 0.25) is 0 Å². The van der Waals surface area contributed by atoms with Crippen LogP contribution in [0.15, 0.2) is 24.3 Å². The first kappa shape index (κ1) is 17.2. The highest BCUT2D eigenvalue weighted by Crippen LogP contribution is 2.13. The molecule has 0 bridgehead atoms. The molecule has 0 radical (unpaired) electrons. The van der Waals surface area contributed by atoms with Gasteiger partial charge < -0.3 is 15.3 Å². The lowest BCUT2D eigenvalue weighted by atomic mass is 10.1. The number of aliphatic hydroxyl groups is 1. The SMILES string of the molecule is CCN(CC)C(=O)c1cccc(NC(=O)CCC(C)O)c1. The molecule has 116 valence electrons. The molecule has 0 saturated carbocycles. The van der Waals surface area contributed by atoms with E-state index in [1.807, 2.05) is 13.8 Å². The van der Waals surface area contributed by atoms with Crippen molar-refractivity contribution in [2.24, 2.45) is 0 Å². The van der Waals surface area contributed by atoms with Gasteiger partial charge in [-0.25, -0.2) is 0 Å². The van der Waals surface area contributed by atoms with Crippen LogP contribution in [0.1, 0.15) is 44.0 Å². The molecular formula is C16H24N2O3. The summed E-state index contributed by atoms with van der Waals surface area (Å²) >= 11 is 0. The van der Waals surface area contributed by atoms with Gasteiger partial charge in [-0.2, -0.15) is 0 Å². The van der Waals surface area contributed by atoms with E-state index in [2.05, 4.69) is 5.32 Å². The summed E-state index contributed by atoms with van der Waals surface area (Å²) in [6, 6.07) is 6.92. The Labute approximate surface area is 126 Å². The number of nitrogens with one attached hydrogen (secondary N) is 1. The Balaban J connectivity index is 2.72. The Bertz CT molecular complexity index is 482. The van der Waals surface area contributed by atoms with E-state index in [4.69, 9.17) is 5.11 Å². The largest absolute Gasteiger partial charge is 0.393 e. The summed E-state index contributed by atoms with van der Waals surface area (Å²) in [6.45, 7) is 6.82. The summed E-state index contributed by atoms with van der Waals surface area (Å²) in [4.78, 5) is 25.7. The van der Waals surface area contributed by atoms with Crippen LogP contribution in [0.3, 0.4) is 0 Å². The van der Waals surface area contributed by atoms with Gasteiger partial charge in [-0.15, -0.1) is 0 Å². The van der Waals surface area contributed by atoms with E-state index in [0.717, 1.165) is 0 Å². The second-order valence-electron chi connectivity index (χ2n) is 4.99. The van der Waals surface area contributed by atoms with Crippen molar-refractivity contribution in [2.45, 2.75) is 39.7 Å². The predicted octanol–water partition coefficient (Wildman–Crippen LogP) is 2.27. The fourth-order valence-electron chi connectivity index (χ4n) is 1.99. The highest BCUT2D eigenvalue weighted by molar-refractivity contribution is 5.97. The second-order valence-corrected chi connectivity index (χ2v) is 4.99. The van der Waals surface area contributed by atoms with E-state index in [1.165, 1.54) is 0 Å². The molecular weight excluding hydrogens is 268 g/mol. The third-order valence-corrected chi connectivity index (χ3v) is 3.23. The fraction of sp³-hybridized carbons (Fsp3) is 0.500. The second kappa shape index (κ2) is 8.42. The van der Waals surface area contributed by atoms with Crippen molar-refractivity contribution in [1.29, 1.82) is 0 Å². The molecule has 0 aromatic heterocycles. The molecule has 1 rings (SSSR count). The first-order valence-electron chi connectivity index (χ1n) is 7.35. The van der Waals surface area contributed by atoms with Gasteiger partial charge in [0.05, 0.1) is 6.10 Å². The average Bonchev–Trinajstić information content (AvgIpc) is 2.46. The van der Waals surface area contributed by atoms with Gasteiger partial charge in [0.1, 0.15) is 0 Å². The number of aliphatic hydroxyl groups excluding tert-OH is 1. The van der Waals surface area contributed by atoms with Crippen LogP contribution in [0.5, 0.6) is 0 Å². The van der Waals surface area contributed by atoms with Crippen molar-refractivity contribution in [1.82, 2.24) is 4.90 Å². The minimum atomic E-state index is -0.494. The summed E-state index contributed by atoms with van der Waals surface area (Å²) in [5.74, 6) is -0.205. The van der Waals surface area contributed by atoms with Crippen LogP contribution < -0.4 is 5.32 Å². The Morgan fingerprint density at radius 2 is 1.95 bits per heavy atom. The number of benzene rings is 1. The number of anilines is 1. The number of amides is 2. The summed E-state index contributed by atoms with van der Waals surface area (Å²) in [7, 11) is 0. The number of hydrogen-bond acceptors (Lipinski definition) is 3. The van der Waals surface area contributed by atoms with E-state index in [9.17, 15) is 9.59 Å². The maximum Gasteiger partial charge on any atom is 0.253 e. The van der Waals surface area contributed by atoms with Crippen molar-refractivity contribution < 1.29 is 14.7 Å². The molecule has 1 aromatic rings. The molecule has 1 atom stereocenters. The molecule has 21 heavy (non-hydrogen) atoms. The predicted molar refractivity (Wildman–Crippen MR) is 83.2 cm³/mol. The molecule has 0 aliphatic heterocycles. The van der Waals surface area contributed by atoms with Crippen LogP contribution >= 0.6 is 0 Å². The topological polar surface area (TPSA) is 69.6 Å². The molecule has 0 fully saturated rings. The number of carbonyl (C=O) groups excluding carboxylic acids is 2. The molecule has 2 N–H and O–H groups in total. The van der Waals surface area contributed by atoms with Crippen molar-refractivity contribution in [2.75, 3.05) is 18.4 Å². The van der Waals surface area contributed by atoms with Gasteiger partial charge in [-0.3, -0.25) is 9.59 Å². The number of carbonyl (C=O) groups is 2. The Morgan fingerprint density at radius 1 is 1.29 bits per heavy atom. The van der Waals surface area contributed by atoms with E-state index >= 15 is 0 Å². The van der Waals surface area contributed by atoms with E-state index in [-0.39, 0.29) is 18.2 Å². The summed E-state index contributed by atoms with van der Waals surface area (Å²) in [5.41, 5.74) is 1.16. The van der Waals surface area contributed by atoms with Crippen LogP contribution in [0.25, 0.3) is 0 Å². The monoisotopic (exact) mass is 292 g/mol. The molecule has 5 nitrogen and oxygen atoms in total. The summed E-state index contributed by atoms with van der Waals surface area (Å²) < 4.78 is 0. The normalized spacial score (nSPS) is 11.8. The molecule has 1 aromatic carbocycles. The summed E-state index contributed by atoms with van der Waals surface area (Å²) in [5, 5.41) is 11.9. The van der Waals surface area contributed by atoms with Crippen LogP contribution in [-0.2, 0) is 4.79 Å². The van der Waals surface area contributed by atoms with Gasteiger partial charge >= 0.3 is 0 Å². The van der Waals surface area contributed by atoms with Crippen molar-refractivity contribution in [3.63, 3.8) is 0 Å². The Morgan fingerprint density at radius 3 is 2.52 bits per heavy atom. The highest BCUT2D eigenvalue weighted by Gasteiger charge is 2.13. The van der Waals surface area contributed by atoms with E-state index in [0.29, 0.717) is 30.8 Å². The van der Waals surface area contributed by atoms with Crippen molar-refractivity contribution in [3.05, 3.63) is 29.8 Å². The molecule has 2 amide bonds. The van der Waals surface area contributed by atoms with E-state index < -0.39 is 6.10 Å². The van der Waals surface area contributed by atoms with Gasteiger partial charge in [0, 0.05) is 30.8 Å². The van der Waals surface area contributed by atoms with Gasteiger partial charge in [-0.1, -0.05) is 6.07 Å². The van der Waals surface area contributed by atoms with Gasteiger partial charge in [0.15, 0.2) is 0 Å². The maximum absolute atomic E-state index is 12.2. The zero-order chi connectivity index (χ0) is 15.8. The van der Waals surface area contributed by atoms with Crippen LogP contribution in [0.4, 0.5) is 5.69 Å². The van der Waals surface area contributed by atoms with Crippen LogP contribution in [0, 0.1) is 0 Å². The first-order chi connectivity index (χ1) is 9.97. The lowest BCUT2D eigenvalue weighted by molar-refractivity contribution is -0.116. The van der Waals surface area contributed by atoms with Gasteiger partial charge in [0.2, 0.25) is 5.91 Å². The molecule has 5 heteroatoms. The minimum Gasteiger partial charge on any atom is -0.393 e. The molecule has 0 saturated heterocycles. The summed E-state index contributed by atoms with van der Waals surface area (Å²) in [6.07, 6.45) is 0.182. The third kappa shape index (κ3) is 5.55. The zero-order valence-corrected chi connectivity index (χ0v) is 12.9. The average molecular weight is 292 g/mol. The Hall–Kier alpha value is -1.88. The Kier molecular flexibility index (Phi) is 6.88.